The number of hydrogen-bond acceptors (Lipinski definition) is 24. The van der Waals surface area contributed by atoms with Crippen molar-refractivity contribution in [3.8, 4) is 0 Å². The molecule has 6 aliphatic heterocycles. The van der Waals surface area contributed by atoms with E-state index >= 15 is 0 Å². The Bertz CT molecular complexity index is 876. The number of rotatable bonds is 0. The van der Waals surface area contributed by atoms with Crippen LogP contribution in [-0.4, -0.2) is 268 Å². The van der Waals surface area contributed by atoms with Gasteiger partial charge in [0, 0.05) is 0 Å². The summed E-state index contributed by atoms with van der Waals surface area (Å²) in [5.74, 6) is 0. The fourth-order valence-electron chi connectivity index (χ4n) is 6.03. The Morgan fingerprint density at radius 3 is 0.343 bits per heavy atom. The van der Waals surface area contributed by atoms with Crippen molar-refractivity contribution in [1.82, 2.24) is 0 Å². The Hall–Kier alpha value is -3.92. The van der Waals surface area contributed by atoms with E-state index in [2.05, 4.69) is 0 Å². The van der Waals surface area contributed by atoms with E-state index in [0.717, 1.165) is 158 Å². The van der Waals surface area contributed by atoms with E-state index in [4.69, 9.17) is 118 Å². The first-order chi connectivity index (χ1) is 32.8. The van der Waals surface area contributed by atoms with Crippen molar-refractivity contribution in [3.05, 3.63) is 61.3 Å². The zero-order chi connectivity index (χ0) is 50.6. The van der Waals surface area contributed by atoms with Crippen molar-refractivity contribution in [2.45, 2.75) is 0 Å². The lowest BCUT2D eigenvalue weighted by atomic mass is 10.4. The van der Waals surface area contributed by atoms with Gasteiger partial charge in [0.1, 0.15) is 78.5 Å². The highest BCUT2D eigenvalue weighted by Crippen LogP contribution is 1.84. The van der Waals surface area contributed by atoms with Crippen LogP contribution in [0.2, 0.25) is 0 Å². The second-order valence-corrected chi connectivity index (χ2v) is 14.2. The van der Waals surface area contributed by atoms with Gasteiger partial charge >= 0.3 is 0 Å². The molecule has 0 aromatic heterocycles. The molecule has 4 bridgehead atoms. The van der Waals surface area contributed by atoms with Crippen LogP contribution in [-0.2, 0) is 56.8 Å². The van der Waals surface area contributed by atoms with Crippen LogP contribution in [0.3, 0.4) is 0 Å². The van der Waals surface area contributed by atoms with Crippen molar-refractivity contribution >= 4 is 0 Å². The van der Waals surface area contributed by atoms with Crippen LogP contribution in [0.25, 0.3) is 0 Å². The Morgan fingerprint density at radius 1 is 0.200 bits per heavy atom. The molecule has 34 nitrogen and oxygen atoms in total. The Balaban J connectivity index is -0.000000465. The van der Waals surface area contributed by atoms with Crippen LogP contribution in [0.15, 0.2) is 0 Å². The lowest BCUT2D eigenvalue weighted by Crippen LogP contribution is -3.13. The average molecular weight is 1040 g/mol. The first kappa shape index (κ1) is 72.6. The molecule has 0 saturated carbocycles. The number of quaternary nitrogens is 4. The third-order valence-corrected chi connectivity index (χ3v) is 9.43. The van der Waals surface area contributed by atoms with Gasteiger partial charge in [-0.15, -0.1) is 0 Å². The standard InChI is InChI=1S/2C18H36N2O6.4NO3.2H2O/c2*1-7-21-13-14-24-10-4-20-5-11-25-17-15-22-8-2-19(1)3-9-23-16-18-26-12-6-20;4*2-1(3)4;;/h2*1-18H2;;;;;2*1H2/q;;4*-1;;/p+4. The Labute approximate surface area is 405 Å². The van der Waals surface area contributed by atoms with Gasteiger partial charge in [-0.1, -0.05) is 0 Å². The molecule has 6 fully saturated rings. The number of hydrogen-bond donors (Lipinski definition) is 4. The third kappa shape index (κ3) is 66.2. The predicted octanol–water partition coefficient (Wildman–Crippen LogP) is -8.84. The molecule has 0 unspecified atom stereocenters. The van der Waals surface area contributed by atoms with Gasteiger partial charge in [0.15, 0.2) is 0 Å². The lowest BCUT2D eigenvalue weighted by Gasteiger charge is -2.22. The molecule has 70 heavy (non-hydrogen) atoms. The molecular weight excluding hydrogens is 960 g/mol. The van der Waals surface area contributed by atoms with Crippen LogP contribution < -0.4 is 19.6 Å². The molecule has 0 aliphatic carbocycles. The van der Waals surface area contributed by atoms with Gasteiger partial charge in [-0.25, -0.2) is 0 Å². The van der Waals surface area contributed by atoms with Crippen LogP contribution in [0.4, 0.5) is 0 Å². The molecule has 0 radical (unpaired) electrons. The summed E-state index contributed by atoms with van der Waals surface area (Å²) in [6, 6.07) is 0. The summed E-state index contributed by atoms with van der Waals surface area (Å²) in [6.45, 7) is 28.2. The maximum Gasteiger partial charge on any atom is 0.101 e. The SMILES string of the molecule is C1COCC[NH+]2CCOCCOCC[NH+](CCO1)CCOCCOCC2.C1COCC[NH+]2CCOCCOCC[NH+](CCO1)CCOCCOCC2.O.O.O=[N+]([O-])[O-].O=[N+]([O-])[O-].O=[N+]([O-])[O-].O=[N+]([O-])[O-]. The van der Waals surface area contributed by atoms with Crippen LogP contribution in [0, 0.1) is 61.3 Å². The minimum absolute atomic E-state index is 0. The summed E-state index contributed by atoms with van der Waals surface area (Å²) >= 11 is 0. The first-order valence-corrected chi connectivity index (χ1v) is 22.4. The van der Waals surface area contributed by atoms with Gasteiger partial charge in [0.25, 0.3) is 0 Å². The summed E-state index contributed by atoms with van der Waals surface area (Å²) < 4.78 is 68.7. The Kier molecular flexibility index (Phi) is 59.8. The van der Waals surface area contributed by atoms with Crippen molar-refractivity contribution in [1.29, 1.82) is 0 Å². The first-order valence-electron chi connectivity index (χ1n) is 22.4. The highest BCUT2D eigenvalue weighted by atomic mass is 16.9. The molecule has 8 N–H and O–H groups in total. The summed E-state index contributed by atoms with van der Waals surface area (Å²) in [5.41, 5.74) is 0. The fourth-order valence-corrected chi connectivity index (χ4v) is 6.03. The summed E-state index contributed by atoms with van der Waals surface area (Å²) in [7, 11) is 0. The van der Waals surface area contributed by atoms with Gasteiger partial charge < -0.3 is 149 Å². The molecular formula is C36H80N8O26. The van der Waals surface area contributed by atoms with E-state index in [1.165, 1.54) is 19.6 Å². The fraction of sp³-hybridized carbons (Fsp3) is 1.00. The Morgan fingerprint density at radius 2 is 0.271 bits per heavy atom. The van der Waals surface area contributed by atoms with E-state index in [1.54, 1.807) is 0 Å². The predicted molar refractivity (Wildman–Crippen MR) is 241 cm³/mol. The normalized spacial score (nSPS) is 24.0. The van der Waals surface area contributed by atoms with E-state index in [-0.39, 0.29) is 11.0 Å². The number of nitrogens with one attached hydrogen (secondary N) is 4. The minimum Gasteiger partial charge on any atom is -0.412 e. The highest BCUT2D eigenvalue weighted by Gasteiger charge is 2.14. The van der Waals surface area contributed by atoms with Crippen molar-refractivity contribution in [3.63, 3.8) is 0 Å². The van der Waals surface area contributed by atoms with Crippen molar-refractivity contribution in [2.24, 2.45) is 0 Å². The largest absolute Gasteiger partial charge is 0.412 e. The maximum atomic E-state index is 8.25. The van der Waals surface area contributed by atoms with Gasteiger partial charge in [0.05, 0.1) is 179 Å². The van der Waals surface area contributed by atoms with Crippen molar-refractivity contribution < 1.29 is 108 Å². The summed E-state index contributed by atoms with van der Waals surface area (Å²) in [5, 5.41) is 59.0. The zero-order valence-corrected chi connectivity index (χ0v) is 40.0. The van der Waals surface area contributed by atoms with E-state index in [1.807, 2.05) is 0 Å². The molecule has 6 saturated heterocycles. The smallest absolute Gasteiger partial charge is 0.101 e. The maximum absolute atomic E-state index is 8.25. The van der Waals surface area contributed by atoms with E-state index in [0.29, 0.717) is 79.3 Å². The molecule has 0 amide bonds. The van der Waals surface area contributed by atoms with Crippen LogP contribution in [0.1, 0.15) is 0 Å². The summed E-state index contributed by atoms with van der Waals surface area (Å²) in [6.07, 6.45) is 0. The van der Waals surface area contributed by atoms with Crippen LogP contribution >= 0.6 is 0 Å². The minimum atomic E-state index is -1.75. The quantitative estimate of drug-likeness (QED) is 0.129. The van der Waals surface area contributed by atoms with Gasteiger partial charge in [-0.3, -0.25) is 0 Å². The molecule has 34 heteroatoms. The topological polar surface area (TPSA) is 456 Å². The van der Waals surface area contributed by atoms with E-state index in [9.17, 15) is 0 Å². The third-order valence-electron chi connectivity index (χ3n) is 9.43. The number of ether oxygens (including phenoxy) is 12. The molecule has 0 aromatic carbocycles. The van der Waals surface area contributed by atoms with Crippen LogP contribution in [0.5, 0.6) is 0 Å². The molecule has 0 aromatic rings. The molecule has 420 valence electrons. The second-order valence-electron chi connectivity index (χ2n) is 14.2. The average Bonchev–Trinajstić information content (AvgIpc) is 3.26. The number of fused-ring (bicyclic) bond motifs is 42. The monoisotopic (exact) mass is 1040 g/mol. The molecule has 6 aliphatic rings. The molecule has 6 rings (SSSR count). The van der Waals surface area contributed by atoms with Gasteiger partial charge in [0.2, 0.25) is 0 Å². The van der Waals surface area contributed by atoms with Crippen molar-refractivity contribution in [2.75, 3.05) is 237 Å². The van der Waals surface area contributed by atoms with Gasteiger partial charge in [-0.2, -0.15) is 0 Å². The number of nitrogens with zero attached hydrogens (tertiary/aromatic N) is 4. The molecule has 0 spiro atoms. The highest BCUT2D eigenvalue weighted by molar-refractivity contribution is 4.44. The summed E-state index contributed by atoms with van der Waals surface area (Å²) in [4.78, 5) is 38.8. The zero-order valence-electron chi connectivity index (χ0n) is 40.0. The van der Waals surface area contributed by atoms with E-state index < -0.39 is 20.3 Å². The lowest BCUT2D eigenvalue weighted by molar-refractivity contribution is -0.902. The molecule has 0 atom stereocenters. The molecule has 6 heterocycles. The van der Waals surface area contributed by atoms with Gasteiger partial charge in [-0.05, 0) is 0 Å². The second kappa shape index (κ2) is 57.7.